The Bertz CT molecular complexity index is 816. The van der Waals surface area contributed by atoms with Gasteiger partial charge in [-0.05, 0) is 41.8 Å². The molecule has 3 rings (SSSR count). The Labute approximate surface area is 121 Å². The molecule has 0 amide bonds. The van der Waals surface area contributed by atoms with E-state index in [1.807, 2.05) is 19.1 Å². The van der Waals surface area contributed by atoms with E-state index in [2.05, 4.69) is 0 Å². The van der Waals surface area contributed by atoms with Gasteiger partial charge in [0.1, 0.15) is 5.75 Å². The molecule has 1 aliphatic rings. The Morgan fingerprint density at radius 1 is 1.05 bits per heavy atom. The molecule has 0 heterocycles. The summed E-state index contributed by atoms with van der Waals surface area (Å²) in [6.45, 7) is 1.83. The number of phenolic OH excluding ortho intramolecular Hbond substituents is 1. The lowest BCUT2D eigenvalue weighted by Crippen LogP contribution is -2.11. The molecule has 0 aliphatic heterocycles. The van der Waals surface area contributed by atoms with Crippen molar-refractivity contribution < 1.29 is 19.8 Å². The second kappa shape index (κ2) is 4.59. The number of rotatable bonds is 3. The molecular formula is C17H12O4. The topological polar surface area (TPSA) is 74.6 Å². The van der Waals surface area contributed by atoms with E-state index in [0.717, 1.165) is 5.56 Å². The number of aliphatic carboxylic acids is 1. The van der Waals surface area contributed by atoms with Crippen molar-refractivity contribution in [3.05, 3.63) is 64.2 Å². The Balaban J connectivity index is 2.04. The summed E-state index contributed by atoms with van der Waals surface area (Å²) in [5.74, 6) is -1.51. The zero-order valence-corrected chi connectivity index (χ0v) is 11.3. The van der Waals surface area contributed by atoms with Gasteiger partial charge in [0.15, 0.2) is 5.78 Å². The summed E-state index contributed by atoms with van der Waals surface area (Å²) in [6.07, 6.45) is 1.49. The van der Waals surface area contributed by atoms with E-state index in [9.17, 15) is 14.7 Å². The summed E-state index contributed by atoms with van der Waals surface area (Å²) in [4.78, 5) is 23.4. The second-order valence-electron chi connectivity index (χ2n) is 4.96. The number of ketones is 1. The monoisotopic (exact) mass is 280 g/mol. The van der Waals surface area contributed by atoms with Gasteiger partial charge < -0.3 is 10.2 Å². The fraction of sp³-hybridized carbons (Fsp3) is 0.0588. The van der Waals surface area contributed by atoms with Crippen LogP contribution in [-0.4, -0.2) is 22.0 Å². The number of hydrogen-bond acceptors (Lipinski definition) is 3. The predicted octanol–water partition coefficient (Wildman–Crippen LogP) is 2.87. The van der Waals surface area contributed by atoms with E-state index in [0.29, 0.717) is 16.7 Å². The van der Waals surface area contributed by atoms with E-state index < -0.39 is 5.97 Å². The molecule has 4 heteroatoms. The van der Waals surface area contributed by atoms with Gasteiger partial charge in [-0.2, -0.15) is 0 Å². The zero-order chi connectivity index (χ0) is 15.1. The van der Waals surface area contributed by atoms with Crippen molar-refractivity contribution in [2.45, 2.75) is 6.92 Å². The van der Waals surface area contributed by atoms with E-state index in [1.165, 1.54) is 18.2 Å². The molecular weight excluding hydrogens is 268 g/mol. The number of hydrogen-bond donors (Lipinski definition) is 2. The summed E-state index contributed by atoms with van der Waals surface area (Å²) in [6, 6.07) is 10.0. The van der Waals surface area contributed by atoms with Gasteiger partial charge in [-0.15, -0.1) is 0 Å². The van der Waals surface area contributed by atoms with E-state index >= 15 is 0 Å². The van der Waals surface area contributed by atoms with Crippen LogP contribution >= 0.6 is 0 Å². The molecule has 2 N–H and O–H groups in total. The molecule has 0 aromatic heterocycles. The third kappa shape index (κ3) is 2.01. The largest absolute Gasteiger partial charge is 0.507 e. The summed E-state index contributed by atoms with van der Waals surface area (Å²) in [7, 11) is 0. The first-order chi connectivity index (χ1) is 9.99. The van der Waals surface area contributed by atoms with E-state index in [1.54, 1.807) is 12.1 Å². The van der Waals surface area contributed by atoms with Crippen molar-refractivity contribution in [1.29, 1.82) is 0 Å². The van der Waals surface area contributed by atoms with E-state index in [4.69, 9.17) is 5.11 Å². The highest BCUT2D eigenvalue weighted by Gasteiger charge is 2.26. The minimum atomic E-state index is -1.04. The SMILES string of the molecule is Cc1ccccc1C(=O)c1cc2c(cc1O)C(C(=O)O)=C2. The first kappa shape index (κ1) is 13.1. The lowest BCUT2D eigenvalue weighted by molar-refractivity contribution is -0.130. The van der Waals surface area contributed by atoms with Crippen molar-refractivity contribution in [2.75, 3.05) is 0 Å². The molecule has 4 nitrogen and oxygen atoms in total. The Morgan fingerprint density at radius 3 is 2.43 bits per heavy atom. The van der Waals surface area contributed by atoms with Crippen LogP contribution in [0.3, 0.4) is 0 Å². The summed E-state index contributed by atoms with van der Waals surface area (Å²) >= 11 is 0. The van der Waals surface area contributed by atoms with Gasteiger partial charge in [0, 0.05) is 5.56 Å². The van der Waals surface area contributed by atoms with E-state index in [-0.39, 0.29) is 22.7 Å². The Hall–Kier alpha value is -2.88. The molecule has 21 heavy (non-hydrogen) atoms. The standard InChI is InChI=1S/C17H12O4/c1-9-4-2-3-5-11(9)16(19)14-7-10-6-13(17(20)21)12(10)8-15(14)18/h2-8,18H,1H3,(H,20,21). The quantitative estimate of drug-likeness (QED) is 0.848. The average molecular weight is 280 g/mol. The number of carbonyl (C=O) groups excluding carboxylic acids is 1. The minimum Gasteiger partial charge on any atom is -0.507 e. The molecule has 1 aliphatic carbocycles. The number of carboxylic acid groups (broad SMARTS) is 1. The zero-order valence-electron chi connectivity index (χ0n) is 11.3. The van der Waals surface area contributed by atoms with Gasteiger partial charge in [-0.25, -0.2) is 4.79 Å². The molecule has 0 saturated heterocycles. The van der Waals surface area contributed by atoms with Crippen LogP contribution in [0.15, 0.2) is 36.4 Å². The Morgan fingerprint density at radius 2 is 1.76 bits per heavy atom. The summed E-state index contributed by atoms with van der Waals surface area (Å²) in [5, 5.41) is 19.0. The number of aromatic hydroxyl groups is 1. The molecule has 0 saturated carbocycles. The number of phenols is 1. The molecule has 0 bridgehead atoms. The van der Waals surface area contributed by atoms with Gasteiger partial charge in [0.25, 0.3) is 0 Å². The highest BCUT2D eigenvalue weighted by atomic mass is 16.4. The van der Waals surface area contributed by atoms with Gasteiger partial charge in [0.2, 0.25) is 0 Å². The fourth-order valence-electron chi connectivity index (χ4n) is 2.44. The Kier molecular flexibility index (Phi) is 2.87. The number of carboxylic acids is 1. The normalized spacial score (nSPS) is 12.1. The maximum atomic E-state index is 12.5. The summed E-state index contributed by atoms with van der Waals surface area (Å²) in [5.41, 5.74) is 2.79. The van der Waals surface area contributed by atoms with Crippen LogP contribution in [0.25, 0.3) is 11.6 Å². The highest BCUT2D eigenvalue weighted by molar-refractivity contribution is 6.27. The molecule has 104 valence electrons. The molecule has 0 spiro atoms. The first-order valence-corrected chi connectivity index (χ1v) is 6.41. The van der Waals surface area contributed by atoms with Crippen molar-refractivity contribution in [1.82, 2.24) is 0 Å². The predicted molar refractivity (Wildman–Crippen MR) is 78.2 cm³/mol. The second-order valence-corrected chi connectivity index (χ2v) is 4.96. The maximum Gasteiger partial charge on any atom is 0.336 e. The van der Waals surface area contributed by atoms with Crippen molar-refractivity contribution in [2.24, 2.45) is 0 Å². The van der Waals surface area contributed by atoms with Crippen LogP contribution in [0, 0.1) is 6.92 Å². The van der Waals surface area contributed by atoms with Crippen molar-refractivity contribution in [3.63, 3.8) is 0 Å². The van der Waals surface area contributed by atoms with Crippen LogP contribution in [0.1, 0.15) is 32.6 Å². The first-order valence-electron chi connectivity index (χ1n) is 6.41. The van der Waals surface area contributed by atoms with Crippen molar-refractivity contribution >= 4 is 23.4 Å². The third-order valence-corrected chi connectivity index (χ3v) is 3.62. The van der Waals surface area contributed by atoms with Gasteiger partial charge in [-0.3, -0.25) is 4.79 Å². The van der Waals surface area contributed by atoms with Crippen LogP contribution in [0.2, 0.25) is 0 Å². The third-order valence-electron chi connectivity index (χ3n) is 3.62. The average Bonchev–Trinajstić information content (AvgIpc) is 2.42. The van der Waals surface area contributed by atoms with Gasteiger partial charge in [0.05, 0.1) is 11.1 Å². The number of carbonyl (C=O) groups is 2. The number of aryl methyl sites for hydroxylation is 1. The van der Waals surface area contributed by atoms with Crippen LogP contribution in [0.4, 0.5) is 0 Å². The number of fused-ring (bicyclic) bond motifs is 1. The van der Waals surface area contributed by atoms with Crippen LogP contribution < -0.4 is 0 Å². The lowest BCUT2D eigenvalue weighted by Gasteiger charge is -2.18. The van der Waals surface area contributed by atoms with Crippen LogP contribution in [0.5, 0.6) is 5.75 Å². The minimum absolute atomic E-state index is 0.148. The highest BCUT2D eigenvalue weighted by Crippen LogP contribution is 2.37. The van der Waals surface area contributed by atoms with Crippen LogP contribution in [-0.2, 0) is 4.79 Å². The summed E-state index contributed by atoms with van der Waals surface area (Å²) < 4.78 is 0. The van der Waals surface area contributed by atoms with Gasteiger partial charge >= 0.3 is 5.97 Å². The van der Waals surface area contributed by atoms with Crippen molar-refractivity contribution in [3.8, 4) is 5.75 Å². The van der Waals surface area contributed by atoms with Gasteiger partial charge in [-0.1, -0.05) is 24.3 Å². The smallest absolute Gasteiger partial charge is 0.336 e. The molecule has 0 unspecified atom stereocenters. The number of benzene rings is 2. The lowest BCUT2D eigenvalue weighted by atomic mass is 9.85. The molecule has 0 fully saturated rings. The fourth-order valence-corrected chi connectivity index (χ4v) is 2.44. The molecule has 0 radical (unpaired) electrons. The maximum absolute atomic E-state index is 12.5. The molecule has 2 aromatic carbocycles. The molecule has 2 aromatic rings. The molecule has 0 atom stereocenters.